The van der Waals surface area contributed by atoms with Crippen molar-refractivity contribution in [2.75, 3.05) is 18.1 Å². The maximum atomic E-state index is 13.4. The Hall–Kier alpha value is -3.95. The van der Waals surface area contributed by atoms with Crippen LogP contribution in [0.1, 0.15) is 35.2 Å². The molecular weight excluding hydrogens is 476 g/mol. The molecule has 1 atom stereocenters. The van der Waals surface area contributed by atoms with Crippen molar-refractivity contribution in [2.24, 2.45) is 10.1 Å². The van der Waals surface area contributed by atoms with E-state index in [0.717, 1.165) is 11.1 Å². The zero-order valence-corrected chi connectivity index (χ0v) is 21.3. The molecule has 0 aliphatic rings. The van der Waals surface area contributed by atoms with Gasteiger partial charge in [0.1, 0.15) is 16.2 Å². The molecule has 5 N–H and O–H groups in total. The minimum Gasteiger partial charge on any atom is -0.455 e. The molecule has 0 aliphatic carbocycles. The van der Waals surface area contributed by atoms with Crippen LogP contribution in [0, 0.1) is 13.8 Å². The molecule has 9 heteroatoms. The number of nitrogen functional groups attached to an aromatic ring is 1. The molecule has 0 amide bonds. The first-order valence-electron chi connectivity index (χ1n) is 11.3. The lowest BCUT2D eigenvalue weighted by Gasteiger charge is -2.20. The third-order valence-corrected chi connectivity index (χ3v) is 7.01. The van der Waals surface area contributed by atoms with E-state index in [1.165, 1.54) is 6.07 Å². The second-order valence-electron chi connectivity index (χ2n) is 8.75. The zero-order valence-electron chi connectivity index (χ0n) is 20.5. The molecule has 8 nitrogen and oxygen atoms in total. The molecule has 1 heterocycles. The van der Waals surface area contributed by atoms with E-state index in [0.29, 0.717) is 44.8 Å². The third kappa shape index (κ3) is 4.75. The number of aryl methyl sites for hydroxylation is 1. The van der Waals surface area contributed by atoms with Gasteiger partial charge in [-0.2, -0.15) is 0 Å². The number of anilines is 2. The number of hydrogen-bond acceptors (Lipinski definition) is 7. The number of para-hydroxylation sites is 1. The number of fused-ring (bicyclic) bond motifs is 1. The topological polar surface area (TPSA) is 141 Å². The molecule has 0 saturated heterocycles. The van der Waals surface area contributed by atoms with E-state index in [-0.39, 0.29) is 10.3 Å². The molecule has 0 radical (unpaired) electrons. The van der Waals surface area contributed by atoms with Gasteiger partial charge in [-0.1, -0.05) is 18.2 Å². The fourth-order valence-corrected chi connectivity index (χ4v) is 4.98. The average molecular weight is 505 g/mol. The van der Waals surface area contributed by atoms with Crippen molar-refractivity contribution in [2.45, 2.75) is 31.7 Å². The summed E-state index contributed by atoms with van der Waals surface area (Å²) in [6.45, 7) is 5.50. The van der Waals surface area contributed by atoms with Gasteiger partial charge in [0.2, 0.25) is 10.0 Å². The highest BCUT2D eigenvalue weighted by molar-refractivity contribution is 7.89. The number of nitrogens with two attached hydrogens (primary N) is 2. The molecule has 0 saturated carbocycles. The van der Waals surface area contributed by atoms with Gasteiger partial charge in [0.25, 0.3) is 0 Å². The van der Waals surface area contributed by atoms with E-state index in [4.69, 9.17) is 15.3 Å². The lowest BCUT2D eigenvalue weighted by molar-refractivity contribution is 0.598. The van der Waals surface area contributed by atoms with Crippen LogP contribution in [0.5, 0.6) is 0 Å². The fourth-order valence-electron chi connectivity index (χ4n) is 4.28. The monoisotopic (exact) mass is 504 g/mol. The highest BCUT2D eigenvalue weighted by Gasteiger charge is 2.21. The number of rotatable bonds is 6. The first kappa shape index (κ1) is 25.2. The summed E-state index contributed by atoms with van der Waals surface area (Å²) >= 11 is 0. The molecule has 0 fully saturated rings. The molecule has 0 aliphatic heterocycles. The SMILES string of the molecule is CN=Cc1cc(-c2oc3c(C(C)Nc4ccccc4S(N)(=O)=O)cc(C)cc3c(=O)c2C)ccc1N. The first-order chi connectivity index (χ1) is 17.0. The Morgan fingerprint density at radius 3 is 2.50 bits per heavy atom. The van der Waals surface area contributed by atoms with Gasteiger partial charge in [0, 0.05) is 41.2 Å². The Bertz CT molecular complexity index is 1670. The second kappa shape index (κ2) is 9.60. The number of nitrogens with one attached hydrogen (secondary N) is 1. The van der Waals surface area contributed by atoms with Gasteiger partial charge in [0.05, 0.1) is 17.1 Å². The lowest BCUT2D eigenvalue weighted by Crippen LogP contribution is -2.17. The van der Waals surface area contributed by atoms with Crippen LogP contribution in [0.4, 0.5) is 11.4 Å². The van der Waals surface area contributed by atoms with Crippen molar-refractivity contribution >= 4 is 38.6 Å². The fraction of sp³-hybridized carbons (Fsp3) is 0.185. The number of primary sulfonamides is 1. The van der Waals surface area contributed by atoms with Crippen molar-refractivity contribution in [3.8, 4) is 11.3 Å². The van der Waals surface area contributed by atoms with Crippen LogP contribution < -0.4 is 21.6 Å². The van der Waals surface area contributed by atoms with Crippen LogP contribution in [-0.4, -0.2) is 21.7 Å². The maximum Gasteiger partial charge on any atom is 0.240 e. The predicted octanol–water partition coefficient (Wildman–Crippen LogP) is 4.53. The molecule has 0 bridgehead atoms. The quantitative estimate of drug-likeness (QED) is 0.260. The summed E-state index contributed by atoms with van der Waals surface area (Å²) in [6.07, 6.45) is 1.65. The van der Waals surface area contributed by atoms with Gasteiger partial charge in [-0.15, -0.1) is 0 Å². The second-order valence-corrected chi connectivity index (χ2v) is 10.3. The van der Waals surface area contributed by atoms with Crippen LogP contribution in [-0.2, 0) is 10.0 Å². The highest BCUT2D eigenvalue weighted by Crippen LogP contribution is 2.33. The van der Waals surface area contributed by atoms with Crippen LogP contribution in [0.3, 0.4) is 0 Å². The molecular formula is C27H28N4O4S. The number of sulfonamides is 1. The Labute approximate surface area is 209 Å². The summed E-state index contributed by atoms with van der Waals surface area (Å²) in [7, 11) is -2.28. The molecule has 3 aromatic carbocycles. The standard InChI is InChI=1S/C27H28N4O4S/c1-15-11-20(17(3)31-23-7-5-6-8-24(23)36(29,33)34)27-21(12-15)25(32)16(2)26(35-27)18-9-10-22(28)19(13-18)14-30-4/h5-14,17,31H,28H2,1-4H3,(H2,29,33,34). The smallest absolute Gasteiger partial charge is 0.240 e. The molecule has 1 aromatic heterocycles. The Morgan fingerprint density at radius 2 is 1.81 bits per heavy atom. The molecule has 4 aromatic rings. The van der Waals surface area contributed by atoms with Crippen LogP contribution in [0.25, 0.3) is 22.3 Å². The summed E-state index contributed by atoms with van der Waals surface area (Å²) in [6, 6.07) is 15.1. The van der Waals surface area contributed by atoms with Gasteiger partial charge >= 0.3 is 0 Å². The minimum absolute atomic E-state index is 0.0150. The largest absolute Gasteiger partial charge is 0.455 e. The van der Waals surface area contributed by atoms with E-state index in [1.54, 1.807) is 56.6 Å². The van der Waals surface area contributed by atoms with E-state index in [1.807, 2.05) is 26.0 Å². The Morgan fingerprint density at radius 1 is 1.08 bits per heavy atom. The van der Waals surface area contributed by atoms with Crippen LogP contribution in [0.15, 0.2) is 73.7 Å². The third-order valence-electron chi connectivity index (χ3n) is 6.04. The van der Waals surface area contributed by atoms with Crippen LogP contribution in [0.2, 0.25) is 0 Å². The summed E-state index contributed by atoms with van der Waals surface area (Å²) in [5.41, 5.74) is 10.7. The van der Waals surface area contributed by atoms with Gasteiger partial charge < -0.3 is 15.5 Å². The van der Waals surface area contributed by atoms with Crippen molar-refractivity contribution in [3.63, 3.8) is 0 Å². The lowest BCUT2D eigenvalue weighted by atomic mass is 9.98. The van der Waals surface area contributed by atoms with E-state index in [9.17, 15) is 13.2 Å². The van der Waals surface area contributed by atoms with Gasteiger partial charge in [-0.05, 0) is 62.7 Å². The number of nitrogens with zero attached hydrogens (tertiary/aromatic N) is 1. The minimum atomic E-state index is -3.94. The van der Waals surface area contributed by atoms with Gasteiger partial charge in [-0.25, -0.2) is 13.6 Å². The van der Waals surface area contributed by atoms with E-state index < -0.39 is 16.1 Å². The zero-order chi connectivity index (χ0) is 26.2. The van der Waals surface area contributed by atoms with Crippen molar-refractivity contribution in [1.29, 1.82) is 0 Å². The van der Waals surface area contributed by atoms with Crippen LogP contribution >= 0.6 is 0 Å². The van der Waals surface area contributed by atoms with E-state index in [2.05, 4.69) is 10.3 Å². The van der Waals surface area contributed by atoms with Crippen molar-refractivity contribution < 1.29 is 12.8 Å². The molecule has 4 rings (SSSR count). The molecule has 0 spiro atoms. The summed E-state index contributed by atoms with van der Waals surface area (Å²) < 4.78 is 30.6. The Kier molecular flexibility index (Phi) is 6.71. The molecule has 186 valence electrons. The number of hydrogen-bond donors (Lipinski definition) is 3. The summed E-state index contributed by atoms with van der Waals surface area (Å²) in [4.78, 5) is 17.5. The normalized spacial score (nSPS) is 12.8. The molecule has 1 unspecified atom stereocenters. The molecule has 36 heavy (non-hydrogen) atoms. The van der Waals surface area contributed by atoms with E-state index >= 15 is 0 Å². The summed E-state index contributed by atoms with van der Waals surface area (Å²) in [5, 5.41) is 9.08. The van der Waals surface area contributed by atoms with Crippen molar-refractivity contribution in [3.05, 3.63) is 87.1 Å². The van der Waals surface area contributed by atoms with Gasteiger partial charge in [-0.3, -0.25) is 9.79 Å². The number of aliphatic imine (C=N–C) groups is 1. The highest BCUT2D eigenvalue weighted by atomic mass is 32.2. The maximum absolute atomic E-state index is 13.4. The Balaban J connectivity index is 1.91. The van der Waals surface area contributed by atoms with Gasteiger partial charge in [0.15, 0.2) is 5.43 Å². The predicted molar refractivity (Wildman–Crippen MR) is 145 cm³/mol. The number of benzene rings is 3. The summed E-state index contributed by atoms with van der Waals surface area (Å²) in [5.74, 6) is 0.431. The average Bonchev–Trinajstić information content (AvgIpc) is 2.82. The van der Waals surface area contributed by atoms with Crippen molar-refractivity contribution in [1.82, 2.24) is 0 Å². The first-order valence-corrected chi connectivity index (χ1v) is 12.8.